The maximum atomic E-state index is 13.0. The molecule has 0 amide bonds. The number of aliphatic hydroxyl groups excluding tert-OH is 2. The molecule has 0 bridgehead atoms. The summed E-state index contributed by atoms with van der Waals surface area (Å²) in [6.07, 6.45) is -0.0936. The maximum absolute atomic E-state index is 13.0. The molecule has 0 spiro atoms. The molecule has 9 atom stereocenters. The van der Waals surface area contributed by atoms with Crippen LogP contribution in [0.1, 0.15) is 124 Å². The SMILES string of the molecule is CCC[C@H](C)C[C@H](OC(=O)C[C@H](CC(=O)O)C(=O)O)[C@H](C[C@H](C)CCCCCC[C@H](O)C[C@H](O)[C@@H](C)N)OC(=O)C[C@@H](CC(=O)O)C(=O)O. The molecule has 0 rings (SSSR count). The number of carbonyl (C=O) groups excluding carboxylic acids is 2. The Balaban J connectivity index is 5.81. The average Bonchev–Trinajstić information content (AvgIpc) is 2.96. The fourth-order valence-electron chi connectivity index (χ4n) is 5.66. The Hall–Kier alpha value is -3.30. The zero-order valence-electron chi connectivity index (χ0n) is 29.3. The smallest absolute Gasteiger partial charge is 0.307 e. The zero-order chi connectivity index (χ0) is 37.7. The van der Waals surface area contributed by atoms with E-state index < -0.39 is 104 Å². The number of aliphatic carboxylic acids is 4. The van der Waals surface area contributed by atoms with E-state index >= 15 is 0 Å². The number of rotatable bonds is 29. The van der Waals surface area contributed by atoms with Gasteiger partial charge in [0.25, 0.3) is 0 Å². The van der Waals surface area contributed by atoms with E-state index in [1.54, 1.807) is 6.92 Å². The van der Waals surface area contributed by atoms with Crippen LogP contribution in [-0.2, 0) is 38.2 Å². The highest BCUT2D eigenvalue weighted by Gasteiger charge is 2.35. The normalized spacial score (nSPS) is 17.0. The molecule has 0 aliphatic carbocycles. The second-order valence-electron chi connectivity index (χ2n) is 13.5. The van der Waals surface area contributed by atoms with Crippen molar-refractivity contribution < 1.29 is 68.9 Å². The molecule has 0 unspecified atom stereocenters. The van der Waals surface area contributed by atoms with Gasteiger partial charge in [-0.3, -0.25) is 28.8 Å². The number of ether oxygens (including phenoxy) is 2. The number of hydrogen-bond donors (Lipinski definition) is 7. The standard InChI is InChI=1S/C34H59NO14/c1-5-10-20(2)13-27(48-31(42)17-23(33(44)45)15-29(38)39)28(49-32(43)18-24(34(46)47)16-30(40)41)14-21(3)11-8-6-7-9-12-25(36)19-26(37)22(4)35/h20-28,36-37H,5-19,35H2,1-4H3,(H,38,39)(H,40,41)(H,44,45)(H,46,47)/t20-,21+,22+,23-,24+,25-,26-,27-,28-/m0/s1. The van der Waals surface area contributed by atoms with Gasteiger partial charge in [0.1, 0.15) is 12.2 Å². The molecule has 0 fully saturated rings. The molecule has 0 aromatic carbocycles. The topological polar surface area (TPSA) is 268 Å². The molecule has 0 aromatic rings. The quantitative estimate of drug-likeness (QED) is 0.0433. The van der Waals surface area contributed by atoms with Crippen LogP contribution in [0.3, 0.4) is 0 Å². The van der Waals surface area contributed by atoms with Crippen LogP contribution in [0.15, 0.2) is 0 Å². The Labute approximate surface area is 288 Å². The van der Waals surface area contributed by atoms with E-state index in [4.69, 9.17) is 25.4 Å². The summed E-state index contributed by atoms with van der Waals surface area (Å²) in [4.78, 5) is 71.5. The minimum atomic E-state index is -1.55. The highest BCUT2D eigenvalue weighted by Crippen LogP contribution is 2.27. The molecule has 284 valence electrons. The third-order valence-electron chi connectivity index (χ3n) is 8.50. The second kappa shape index (κ2) is 24.8. The van der Waals surface area contributed by atoms with Gasteiger partial charge in [-0.1, -0.05) is 65.7 Å². The van der Waals surface area contributed by atoms with Crippen molar-refractivity contribution in [2.24, 2.45) is 29.4 Å². The van der Waals surface area contributed by atoms with Crippen LogP contribution in [0.2, 0.25) is 0 Å². The lowest BCUT2D eigenvalue weighted by Gasteiger charge is -2.31. The summed E-state index contributed by atoms with van der Waals surface area (Å²) in [7, 11) is 0. The van der Waals surface area contributed by atoms with Crippen molar-refractivity contribution >= 4 is 35.8 Å². The minimum Gasteiger partial charge on any atom is -0.481 e. The van der Waals surface area contributed by atoms with E-state index in [1.807, 2.05) is 20.8 Å². The molecular weight excluding hydrogens is 646 g/mol. The van der Waals surface area contributed by atoms with Crippen molar-refractivity contribution in [1.29, 1.82) is 0 Å². The van der Waals surface area contributed by atoms with E-state index in [1.165, 1.54) is 0 Å². The second-order valence-corrected chi connectivity index (χ2v) is 13.5. The molecule has 0 aromatic heterocycles. The molecular formula is C34H59NO14. The Morgan fingerprint density at radius 2 is 1.00 bits per heavy atom. The van der Waals surface area contributed by atoms with Gasteiger partial charge in [-0.25, -0.2) is 0 Å². The lowest BCUT2D eigenvalue weighted by molar-refractivity contribution is -0.174. The number of hydrogen-bond acceptors (Lipinski definition) is 11. The Morgan fingerprint density at radius 3 is 1.37 bits per heavy atom. The van der Waals surface area contributed by atoms with Gasteiger partial charge in [-0.2, -0.15) is 0 Å². The number of aliphatic hydroxyl groups is 2. The van der Waals surface area contributed by atoms with Gasteiger partial charge in [0.2, 0.25) is 0 Å². The van der Waals surface area contributed by atoms with Crippen LogP contribution in [-0.4, -0.2) is 96.9 Å². The van der Waals surface area contributed by atoms with Crippen molar-refractivity contribution in [3.8, 4) is 0 Å². The van der Waals surface area contributed by atoms with Gasteiger partial charge in [0.05, 0.1) is 49.7 Å². The fourth-order valence-corrected chi connectivity index (χ4v) is 5.66. The largest absolute Gasteiger partial charge is 0.481 e. The zero-order valence-corrected chi connectivity index (χ0v) is 29.3. The van der Waals surface area contributed by atoms with Crippen molar-refractivity contribution in [3.63, 3.8) is 0 Å². The Morgan fingerprint density at radius 1 is 0.592 bits per heavy atom. The molecule has 15 nitrogen and oxygen atoms in total. The van der Waals surface area contributed by atoms with Gasteiger partial charge >= 0.3 is 35.8 Å². The number of nitrogens with two attached hydrogens (primary N) is 1. The number of carboxylic acids is 4. The fraction of sp³-hybridized carbons (Fsp3) is 0.824. The van der Waals surface area contributed by atoms with E-state index in [0.717, 1.165) is 38.5 Å². The molecule has 15 heteroatoms. The summed E-state index contributed by atoms with van der Waals surface area (Å²) in [5.74, 6) is -11.0. The van der Waals surface area contributed by atoms with Crippen molar-refractivity contribution in [1.82, 2.24) is 0 Å². The predicted octanol–water partition coefficient (Wildman–Crippen LogP) is 3.59. The first-order valence-corrected chi connectivity index (χ1v) is 17.3. The van der Waals surface area contributed by atoms with E-state index in [0.29, 0.717) is 12.8 Å². The first-order chi connectivity index (χ1) is 22.9. The molecule has 0 radical (unpaired) electrons. The first kappa shape index (κ1) is 45.7. The summed E-state index contributed by atoms with van der Waals surface area (Å²) in [6, 6.07) is -0.431. The van der Waals surface area contributed by atoms with E-state index in [-0.39, 0.29) is 31.1 Å². The highest BCUT2D eigenvalue weighted by molar-refractivity contribution is 5.83. The summed E-state index contributed by atoms with van der Waals surface area (Å²) in [5.41, 5.74) is 5.64. The van der Waals surface area contributed by atoms with Crippen LogP contribution in [0.25, 0.3) is 0 Å². The Kier molecular flexibility index (Phi) is 23.1. The molecule has 8 N–H and O–H groups in total. The summed E-state index contributed by atoms with van der Waals surface area (Å²) in [5, 5.41) is 57.0. The molecule has 0 aliphatic rings. The monoisotopic (exact) mass is 705 g/mol. The van der Waals surface area contributed by atoms with Gasteiger partial charge < -0.3 is 45.8 Å². The number of carbonyl (C=O) groups is 6. The molecule has 0 saturated carbocycles. The summed E-state index contributed by atoms with van der Waals surface area (Å²) >= 11 is 0. The number of esters is 2. The Bertz CT molecular complexity index is 1030. The maximum Gasteiger partial charge on any atom is 0.307 e. The van der Waals surface area contributed by atoms with Gasteiger partial charge in [-0.05, 0) is 38.0 Å². The molecule has 49 heavy (non-hydrogen) atoms. The van der Waals surface area contributed by atoms with Crippen LogP contribution in [0, 0.1) is 23.7 Å². The first-order valence-electron chi connectivity index (χ1n) is 17.3. The van der Waals surface area contributed by atoms with Gasteiger partial charge in [0, 0.05) is 12.5 Å². The third kappa shape index (κ3) is 22.1. The molecule has 0 aliphatic heterocycles. The van der Waals surface area contributed by atoms with Crippen molar-refractivity contribution in [2.75, 3.05) is 0 Å². The van der Waals surface area contributed by atoms with E-state index in [2.05, 4.69) is 0 Å². The number of carboxylic acid groups (broad SMARTS) is 4. The third-order valence-corrected chi connectivity index (χ3v) is 8.50. The van der Waals surface area contributed by atoms with Crippen LogP contribution < -0.4 is 5.73 Å². The van der Waals surface area contributed by atoms with Gasteiger partial charge in [-0.15, -0.1) is 0 Å². The van der Waals surface area contributed by atoms with Crippen molar-refractivity contribution in [2.45, 2.75) is 154 Å². The average molecular weight is 706 g/mol. The van der Waals surface area contributed by atoms with Crippen molar-refractivity contribution in [3.05, 3.63) is 0 Å². The lowest BCUT2D eigenvalue weighted by atomic mass is 9.89. The highest BCUT2D eigenvalue weighted by atomic mass is 16.6. The van der Waals surface area contributed by atoms with Crippen LogP contribution >= 0.6 is 0 Å². The van der Waals surface area contributed by atoms with E-state index in [9.17, 15) is 49.2 Å². The molecule has 0 saturated heterocycles. The predicted molar refractivity (Wildman–Crippen MR) is 176 cm³/mol. The van der Waals surface area contributed by atoms with Crippen LogP contribution in [0.5, 0.6) is 0 Å². The van der Waals surface area contributed by atoms with Crippen LogP contribution in [0.4, 0.5) is 0 Å². The summed E-state index contributed by atoms with van der Waals surface area (Å²) < 4.78 is 11.4. The lowest BCUT2D eigenvalue weighted by Crippen LogP contribution is -2.39. The summed E-state index contributed by atoms with van der Waals surface area (Å²) in [6.45, 7) is 7.44. The van der Waals surface area contributed by atoms with Gasteiger partial charge in [0.15, 0.2) is 0 Å². The number of unbranched alkanes of at least 4 members (excludes halogenated alkanes) is 3. The minimum absolute atomic E-state index is 0.0306. The molecule has 0 heterocycles.